The van der Waals surface area contributed by atoms with Gasteiger partial charge in [-0.25, -0.2) is 4.68 Å². The van der Waals surface area contributed by atoms with Crippen molar-refractivity contribution in [3.8, 4) is 5.69 Å². The minimum atomic E-state index is -0.104. The van der Waals surface area contributed by atoms with Gasteiger partial charge < -0.3 is 5.73 Å². The van der Waals surface area contributed by atoms with E-state index in [9.17, 15) is 4.79 Å². The van der Waals surface area contributed by atoms with Gasteiger partial charge in [0.15, 0.2) is 5.78 Å². The number of para-hydroxylation sites is 1. The third-order valence-corrected chi connectivity index (χ3v) is 3.36. The summed E-state index contributed by atoms with van der Waals surface area (Å²) >= 11 is 0. The normalized spacial score (nSPS) is 10.5. The maximum Gasteiger partial charge on any atom is 0.198 e. The van der Waals surface area contributed by atoms with Crippen LogP contribution in [0.3, 0.4) is 0 Å². The largest absolute Gasteiger partial charge is 0.383 e. The Kier molecular flexibility index (Phi) is 3.28. The van der Waals surface area contributed by atoms with E-state index in [2.05, 4.69) is 5.10 Å². The van der Waals surface area contributed by atoms with Crippen molar-refractivity contribution in [1.29, 1.82) is 0 Å². The summed E-state index contributed by atoms with van der Waals surface area (Å²) in [4.78, 5) is 12.6. The number of anilines is 1. The number of hydrogen-bond donors (Lipinski definition) is 1. The molecule has 0 bridgehead atoms. The molecular weight excluding hydrogens is 262 g/mol. The number of rotatable bonds is 3. The van der Waals surface area contributed by atoms with Gasteiger partial charge in [-0.2, -0.15) is 5.10 Å². The van der Waals surface area contributed by atoms with Gasteiger partial charge in [0.2, 0.25) is 0 Å². The third-order valence-electron chi connectivity index (χ3n) is 3.36. The molecule has 0 aliphatic heterocycles. The average Bonchev–Trinajstić information content (AvgIpc) is 2.83. The highest BCUT2D eigenvalue weighted by atomic mass is 16.1. The summed E-state index contributed by atoms with van der Waals surface area (Å²) in [6.07, 6.45) is 0. The molecular formula is C17H15N3O. The second-order valence-electron chi connectivity index (χ2n) is 4.79. The number of ketones is 1. The van der Waals surface area contributed by atoms with E-state index < -0.39 is 0 Å². The summed E-state index contributed by atoms with van der Waals surface area (Å²) in [6.45, 7) is 1.80. The summed E-state index contributed by atoms with van der Waals surface area (Å²) < 4.78 is 1.60. The average molecular weight is 277 g/mol. The van der Waals surface area contributed by atoms with Crippen LogP contribution >= 0.6 is 0 Å². The van der Waals surface area contributed by atoms with Crippen LogP contribution < -0.4 is 5.73 Å². The molecule has 3 rings (SSSR count). The maximum absolute atomic E-state index is 12.6. The SMILES string of the molecule is Cc1nn(-c2ccccc2)c(N)c1C(=O)c1ccccc1. The smallest absolute Gasteiger partial charge is 0.198 e. The molecule has 0 aliphatic carbocycles. The van der Waals surface area contributed by atoms with Crippen LogP contribution in [-0.4, -0.2) is 15.6 Å². The first-order valence-electron chi connectivity index (χ1n) is 6.68. The van der Waals surface area contributed by atoms with Crippen LogP contribution in [0.15, 0.2) is 60.7 Å². The van der Waals surface area contributed by atoms with E-state index in [0.717, 1.165) is 5.69 Å². The Labute approximate surface area is 122 Å². The second kappa shape index (κ2) is 5.25. The Morgan fingerprint density at radius 2 is 1.57 bits per heavy atom. The number of hydrogen-bond acceptors (Lipinski definition) is 3. The summed E-state index contributed by atoms with van der Waals surface area (Å²) in [5.74, 6) is 0.264. The summed E-state index contributed by atoms with van der Waals surface area (Å²) in [6, 6.07) is 18.6. The lowest BCUT2D eigenvalue weighted by atomic mass is 10.0. The van der Waals surface area contributed by atoms with Gasteiger partial charge in [0.05, 0.1) is 16.9 Å². The first-order chi connectivity index (χ1) is 10.2. The van der Waals surface area contributed by atoms with Crippen molar-refractivity contribution in [2.24, 2.45) is 0 Å². The lowest BCUT2D eigenvalue weighted by Crippen LogP contribution is -2.07. The fourth-order valence-electron chi connectivity index (χ4n) is 2.33. The summed E-state index contributed by atoms with van der Waals surface area (Å²) in [5, 5.41) is 4.40. The highest BCUT2D eigenvalue weighted by molar-refractivity contribution is 6.12. The van der Waals surface area contributed by atoms with Gasteiger partial charge in [-0.3, -0.25) is 4.79 Å². The van der Waals surface area contributed by atoms with Gasteiger partial charge in [-0.05, 0) is 19.1 Å². The molecule has 0 aliphatic rings. The Hall–Kier alpha value is -2.88. The minimum absolute atomic E-state index is 0.104. The number of benzene rings is 2. The van der Waals surface area contributed by atoms with Gasteiger partial charge in [-0.1, -0.05) is 48.5 Å². The zero-order chi connectivity index (χ0) is 14.8. The van der Waals surface area contributed by atoms with Crippen LogP contribution in [0.1, 0.15) is 21.6 Å². The van der Waals surface area contributed by atoms with Crippen molar-refractivity contribution < 1.29 is 4.79 Å². The predicted molar refractivity (Wildman–Crippen MR) is 82.6 cm³/mol. The van der Waals surface area contributed by atoms with Crippen LogP contribution in [0.25, 0.3) is 5.69 Å². The highest BCUT2D eigenvalue weighted by Gasteiger charge is 2.21. The molecule has 3 aromatic rings. The standard InChI is InChI=1S/C17H15N3O/c1-12-15(16(21)13-8-4-2-5-9-13)17(18)20(19-12)14-10-6-3-7-11-14/h2-11H,18H2,1H3. The van der Waals surface area contributed by atoms with Crippen molar-refractivity contribution in [2.75, 3.05) is 5.73 Å². The zero-order valence-electron chi connectivity index (χ0n) is 11.7. The van der Waals surface area contributed by atoms with Gasteiger partial charge >= 0.3 is 0 Å². The fraction of sp³-hybridized carbons (Fsp3) is 0.0588. The van der Waals surface area contributed by atoms with Gasteiger partial charge in [0.1, 0.15) is 5.82 Å². The van der Waals surface area contributed by atoms with Crippen molar-refractivity contribution in [3.63, 3.8) is 0 Å². The van der Waals surface area contributed by atoms with Crippen molar-refractivity contribution >= 4 is 11.6 Å². The first-order valence-corrected chi connectivity index (χ1v) is 6.68. The van der Waals surface area contributed by atoms with Gasteiger partial charge in [0.25, 0.3) is 0 Å². The molecule has 0 fully saturated rings. The van der Waals surface area contributed by atoms with Gasteiger partial charge in [0, 0.05) is 5.56 Å². The molecule has 0 amide bonds. The van der Waals surface area contributed by atoms with Crippen molar-refractivity contribution in [3.05, 3.63) is 77.5 Å². The van der Waals surface area contributed by atoms with Crippen LogP contribution in [0, 0.1) is 6.92 Å². The lowest BCUT2D eigenvalue weighted by Gasteiger charge is -2.04. The molecule has 1 heterocycles. The fourth-order valence-corrected chi connectivity index (χ4v) is 2.33. The topological polar surface area (TPSA) is 60.9 Å². The first kappa shape index (κ1) is 13.1. The van der Waals surface area contributed by atoms with Crippen LogP contribution in [-0.2, 0) is 0 Å². The Morgan fingerprint density at radius 3 is 2.19 bits per heavy atom. The molecule has 0 saturated carbocycles. The van der Waals surface area contributed by atoms with E-state index in [1.165, 1.54) is 0 Å². The number of aromatic nitrogens is 2. The second-order valence-corrected chi connectivity index (χ2v) is 4.79. The van der Waals surface area contributed by atoms with E-state index in [1.807, 2.05) is 48.5 Å². The van der Waals surface area contributed by atoms with Gasteiger partial charge in [-0.15, -0.1) is 0 Å². The maximum atomic E-state index is 12.6. The number of nitrogen functional groups attached to an aromatic ring is 1. The molecule has 2 aromatic carbocycles. The molecule has 4 nitrogen and oxygen atoms in total. The third kappa shape index (κ3) is 2.31. The molecule has 2 N–H and O–H groups in total. The molecule has 0 saturated heterocycles. The molecule has 21 heavy (non-hydrogen) atoms. The molecule has 4 heteroatoms. The van der Waals surface area contributed by atoms with Crippen molar-refractivity contribution in [2.45, 2.75) is 6.92 Å². The lowest BCUT2D eigenvalue weighted by molar-refractivity contribution is 0.103. The van der Waals surface area contributed by atoms with Crippen LogP contribution in [0.2, 0.25) is 0 Å². The quantitative estimate of drug-likeness (QED) is 0.749. The monoisotopic (exact) mass is 277 g/mol. The molecule has 104 valence electrons. The van der Waals surface area contributed by atoms with Crippen LogP contribution in [0.5, 0.6) is 0 Å². The summed E-state index contributed by atoms with van der Waals surface area (Å²) in [7, 11) is 0. The van der Waals surface area contributed by atoms with Crippen molar-refractivity contribution in [1.82, 2.24) is 9.78 Å². The molecule has 1 aromatic heterocycles. The summed E-state index contributed by atoms with van der Waals surface area (Å²) in [5.41, 5.74) is 8.70. The van der Waals surface area contributed by atoms with E-state index >= 15 is 0 Å². The number of nitrogens with two attached hydrogens (primary N) is 1. The van der Waals surface area contributed by atoms with E-state index in [-0.39, 0.29) is 5.78 Å². The Balaban J connectivity index is 2.09. The van der Waals surface area contributed by atoms with Crippen LogP contribution in [0.4, 0.5) is 5.82 Å². The molecule has 0 spiro atoms. The van der Waals surface area contributed by atoms with E-state index in [4.69, 9.17) is 5.73 Å². The number of aryl methyl sites for hydroxylation is 1. The number of nitrogens with zero attached hydrogens (tertiary/aromatic N) is 2. The zero-order valence-corrected chi connectivity index (χ0v) is 11.7. The molecule has 0 atom stereocenters. The number of carbonyl (C=O) groups excluding carboxylic acids is 1. The molecule has 0 unspecified atom stereocenters. The Morgan fingerprint density at radius 1 is 1.00 bits per heavy atom. The Bertz CT molecular complexity index is 777. The minimum Gasteiger partial charge on any atom is -0.383 e. The highest BCUT2D eigenvalue weighted by Crippen LogP contribution is 2.23. The van der Waals surface area contributed by atoms with E-state index in [0.29, 0.717) is 22.6 Å². The number of carbonyl (C=O) groups is 1. The predicted octanol–water partition coefficient (Wildman–Crippen LogP) is 2.99. The molecule has 0 radical (unpaired) electrons. The van der Waals surface area contributed by atoms with E-state index in [1.54, 1.807) is 23.7 Å².